The van der Waals surface area contributed by atoms with Crippen LogP contribution in [-0.4, -0.2) is 41.1 Å². The highest BCUT2D eigenvalue weighted by molar-refractivity contribution is 5.87. The molecule has 0 bridgehead atoms. The van der Waals surface area contributed by atoms with Gasteiger partial charge in [0, 0.05) is 31.8 Å². The van der Waals surface area contributed by atoms with Crippen molar-refractivity contribution in [2.24, 2.45) is 5.92 Å². The van der Waals surface area contributed by atoms with E-state index in [4.69, 9.17) is 9.84 Å². The number of carboxylic acid groups (broad SMARTS) is 1. The first-order chi connectivity index (χ1) is 10.1. The van der Waals surface area contributed by atoms with Crippen molar-refractivity contribution in [1.29, 1.82) is 0 Å². The highest BCUT2D eigenvalue weighted by atomic mass is 16.5. The van der Waals surface area contributed by atoms with Gasteiger partial charge in [0.05, 0.1) is 5.56 Å². The minimum absolute atomic E-state index is 0.101. The van der Waals surface area contributed by atoms with E-state index in [-0.39, 0.29) is 17.6 Å². The van der Waals surface area contributed by atoms with Crippen LogP contribution in [0.1, 0.15) is 36.0 Å². The first kappa shape index (κ1) is 13.9. The molecule has 0 aromatic heterocycles. The summed E-state index contributed by atoms with van der Waals surface area (Å²) in [6, 6.07) is 6.46. The SMILES string of the molecule is O=C(O)c1ccc(OC2CCN(C(=O)C3CC3)CC2)cc1. The van der Waals surface area contributed by atoms with E-state index >= 15 is 0 Å². The van der Waals surface area contributed by atoms with E-state index in [0.717, 1.165) is 38.8 Å². The molecule has 1 aliphatic carbocycles. The molecule has 1 saturated heterocycles. The average molecular weight is 289 g/mol. The zero-order chi connectivity index (χ0) is 14.8. The maximum absolute atomic E-state index is 12.0. The van der Waals surface area contributed by atoms with Crippen LogP contribution in [0.4, 0.5) is 0 Å². The van der Waals surface area contributed by atoms with E-state index in [1.807, 2.05) is 4.90 Å². The average Bonchev–Trinajstić information content (AvgIpc) is 3.32. The Bertz CT molecular complexity index is 528. The molecule has 0 unspecified atom stereocenters. The number of piperidine rings is 1. The highest BCUT2D eigenvalue weighted by Crippen LogP contribution is 2.32. The van der Waals surface area contributed by atoms with E-state index in [9.17, 15) is 9.59 Å². The van der Waals surface area contributed by atoms with Gasteiger partial charge in [0.2, 0.25) is 5.91 Å². The number of benzene rings is 1. The first-order valence-electron chi connectivity index (χ1n) is 7.42. The number of carbonyl (C=O) groups excluding carboxylic acids is 1. The van der Waals surface area contributed by atoms with Gasteiger partial charge in [-0.05, 0) is 37.1 Å². The number of carboxylic acids is 1. The molecule has 1 N–H and O–H groups in total. The molecular weight excluding hydrogens is 270 g/mol. The van der Waals surface area contributed by atoms with Crippen molar-refractivity contribution in [2.75, 3.05) is 13.1 Å². The van der Waals surface area contributed by atoms with Gasteiger partial charge in [0.25, 0.3) is 0 Å². The third-order valence-electron chi connectivity index (χ3n) is 4.08. The molecule has 0 atom stereocenters. The quantitative estimate of drug-likeness (QED) is 0.922. The smallest absolute Gasteiger partial charge is 0.335 e. The number of carbonyl (C=O) groups is 2. The van der Waals surface area contributed by atoms with Crippen molar-refractivity contribution in [3.8, 4) is 5.75 Å². The molecule has 3 rings (SSSR count). The van der Waals surface area contributed by atoms with Gasteiger partial charge in [-0.1, -0.05) is 0 Å². The summed E-state index contributed by atoms with van der Waals surface area (Å²) in [6.07, 6.45) is 3.86. The summed E-state index contributed by atoms with van der Waals surface area (Å²) < 4.78 is 5.86. The van der Waals surface area contributed by atoms with Crippen LogP contribution in [0.3, 0.4) is 0 Å². The van der Waals surface area contributed by atoms with Crippen LogP contribution in [0.25, 0.3) is 0 Å². The number of hydrogen-bond donors (Lipinski definition) is 1. The molecule has 112 valence electrons. The fourth-order valence-corrected chi connectivity index (χ4v) is 2.65. The molecule has 5 nitrogen and oxygen atoms in total. The highest BCUT2D eigenvalue weighted by Gasteiger charge is 2.35. The summed E-state index contributed by atoms with van der Waals surface area (Å²) in [5.41, 5.74) is 0.257. The molecule has 1 heterocycles. The van der Waals surface area contributed by atoms with Crippen LogP contribution in [0, 0.1) is 5.92 Å². The lowest BCUT2D eigenvalue weighted by Crippen LogP contribution is -2.42. The number of amides is 1. The van der Waals surface area contributed by atoms with Crippen LogP contribution in [0.5, 0.6) is 5.75 Å². The van der Waals surface area contributed by atoms with Crippen LogP contribution in [-0.2, 0) is 4.79 Å². The van der Waals surface area contributed by atoms with Crippen LogP contribution in [0.2, 0.25) is 0 Å². The zero-order valence-corrected chi connectivity index (χ0v) is 11.8. The minimum atomic E-state index is -0.937. The van der Waals surface area contributed by atoms with Crippen LogP contribution in [0.15, 0.2) is 24.3 Å². The lowest BCUT2D eigenvalue weighted by molar-refractivity contribution is -0.134. The lowest BCUT2D eigenvalue weighted by atomic mass is 10.1. The second-order valence-electron chi connectivity index (χ2n) is 5.75. The molecule has 1 amide bonds. The molecule has 1 aromatic carbocycles. The Labute approximate surface area is 123 Å². The normalized spacial score (nSPS) is 19.3. The summed E-state index contributed by atoms with van der Waals surface area (Å²) in [6.45, 7) is 1.51. The van der Waals surface area contributed by atoms with Crippen molar-refractivity contribution in [2.45, 2.75) is 31.8 Å². The second kappa shape index (κ2) is 5.76. The van der Waals surface area contributed by atoms with Crippen LogP contribution >= 0.6 is 0 Å². The standard InChI is InChI=1S/C16H19NO4/c18-15(11-1-2-11)17-9-7-14(8-10-17)21-13-5-3-12(4-6-13)16(19)20/h3-6,11,14H,1-2,7-10H2,(H,19,20). The fourth-order valence-electron chi connectivity index (χ4n) is 2.65. The van der Waals surface area contributed by atoms with Gasteiger partial charge in [0.15, 0.2) is 0 Å². The van der Waals surface area contributed by atoms with Gasteiger partial charge in [-0.3, -0.25) is 4.79 Å². The van der Waals surface area contributed by atoms with Gasteiger partial charge < -0.3 is 14.7 Å². The van der Waals surface area contributed by atoms with Crippen molar-refractivity contribution in [1.82, 2.24) is 4.90 Å². The van der Waals surface area contributed by atoms with E-state index in [0.29, 0.717) is 11.7 Å². The zero-order valence-electron chi connectivity index (χ0n) is 11.8. The maximum Gasteiger partial charge on any atom is 0.335 e. The lowest BCUT2D eigenvalue weighted by Gasteiger charge is -2.32. The molecule has 2 fully saturated rings. The van der Waals surface area contributed by atoms with E-state index in [1.165, 1.54) is 0 Å². The number of rotatable bonds is 4. The first-order valence-corrected chi connectivity index (χ1v) is 7.42. The Kier molecular flexibility index (Phi) is 3.82. The summed E-state index contributed by atoms with van der Waals surface area (Å²) in [7, 11) is 0. The Morgan fingerprint density at radius 1 is 1.05 bits per heavy atom. The molecule has 1 aromatic rings. The molecule has 1 saturated carbocycles. The van der Waals surface area contributed by atoms with Gasteiger partial charge in [-0.25, -0.2) is 4.79 Å². The largest absolute Gasteiger partial charge is 0.490 e. The number of ether oxygens (including phenoxy) is 1. The van der Waals surface area contributed by atoms with Crippen molar-refractivity contribution >= 4 is 11.9 Å². The topological polar surface area (TPSA) is 66.8 Å². The van der Waals surface area contributed by atoms with Crippen molar-refractivity contribution < 1.29 is 19.4 Å². The predicted octanol–water partition coefficient (Wildman–Crippen LogP) is 2.16. The van der Waals surface area contributed by atoms with Crippen molar-refractivity contribution in [3.63, 3.8) is 0 Å². The molecule has 2 aliphatic rings. The molecule has 5 heteroatoms. The van der Waals surface area contributed by atoms with E-state index < -0.39 is 5.97 Å². The Morgan fingerprint density at radius 2 is 1.67 bits per heavy atom. The molecule has 1 aliphatic heterocycles. The maximum atomic E-state index is 12.0. The summed E-state index contributed by atoms with van der Waals surface area (Å²) >= 11 is 0. The van der Waals surface area contributed by atoms with Crippen molar-refractivity contribution in [3.05, 3.63) is 29.8 Å². The third-order valence-corrected chi connectivity index (χ3v) is 4.08. The predicted molar refractivity (Wildman–Crippen MR) is 76.4 cm³/mol. The fraction of sp³-hybridized carbons (Fsp3) is 0.500. The Morgan fingerprint density at radius 3 is 2.19 bits per heavy atom. The summed E-state index contributed by atoms with van der Waals surface area (Å²) in [5.74, 6) is 0.339. The van der Waals surface area contributed by atoms with Gasteiger partial charge >= 0.3 is 5.97 Å². The van der Waals surface area contributed by atoms with Gasteiger partial charge in [-0.2, -0.15) is 0 Å². The third kappa shape index (κ3) is 3.35. The second-order valence-corrected chi connectivity index (χ2v) is 5.75. The Hall–Kier alpha value is -2.04. The minimum Gasteiger partial charge on any atom is -0.490 e. The molecule has 0 radical (unpaired) electrons. The molecular formula is C16H19NO4. The number of aromatic carboxylic acids is 1. The van der Waals surface area contributed by atoms with Crippen LogP contribution < -0.4 is 4.74 Å². The Balaban J connectivity index is 1.50. The summed E-state index contributed by atoms with van der Waals surface area (Å²) in [4.78, 5) is 24.7. The van der Waals surface area contributed by atoms with Gasteiger partial charge in [0.1, 0.15) is 11.9 Å². The number of likely N-dealkylation sites (tertiary alicyclic amines) is 1. The number of hydrogen-bond acceptors (Lipinski definition) is 3. The van der Waals surface area contributed by atoms with E-state index in [1.54, 1.807) is 24.3 Å². The van der Waals surface area contributed by atoms with Gasteiger partial charge in [-0.15, -0.1) is 0 Å². The molecule has 21 heavy (non-hydrogen) atoms. The van der Waals surface area contributed by atoms with E-state index in [2.05, 4.69) is 0 Å². The monoisotopic (exact) mass is 289 g/mol. The number of nitrogens with zero attached hydrogens (tertiary/aromatic N) is 1. The molecule has 0 spiro atoms. The summed E-state index contributed by atoms with van der Waals surface area (Å²) in [5, 5.41) is 8.85.